The number of benzene rings is 2. The van der Waals surface area contributed by atoms with E-state index >= 15 is 0 Å². The first-order chi connectivity index (χ1) is 15.0. The number of rotatable bonds is 9. The van der Waals surface area contributed by atoms with Crippen LogP contribution in [0, 0.1) is 0 Å². The standard InChI is InChI=1S/C24H28Cl2N2O2S/c1-2-22(24(30)27-19-8-4-5-9-19)28(15-17-7-3-6-10-21(17)26)23(29)16-31-20-13-11-18(25)12-14-20/h3,6-7,10-14,19,22H,2,4-5,8-9,15-16H2,1H3,(H,27,30)/t22-/m1/s1. The fourth-order valence-electron chi connectivity index (χ4n) is 3.86. The second-order valence-corrected chi connectivity index (χ2v) is 9.66. The summed E-state index contributed by atoms with van der Waals surface area (Å²) in [6.07, 6.45) is 4.84. The molecule has 0 saturated heterocycles. The molecule has 166 valence electrons. The minimum Gasteiger partial charge on any atom is -0.352 e. The Kier molecular flexibility index (Phi) is 9.12. The lowest BCUT2D eigenvalue weighted by Crippen LogP contribution is -2.51. The maximum absolute atomic E-state index is 13.3. The van der Waals surface area contributed by atoms with Crippen molar-refractivity contribution in [1.29, 1.82) is 0 Å². The maximum atomic E-state index is 13.3. The SMILES string of the molecule is CC[C@H](C(=O)NC1CCCC1)N(Cc1ccccc1Cl)C(=O)CSc1ccc(Cl)cc1. The van der Waals surface area contributed by atoms with Gasteiger partial charge in [-0.2, -0.15) is 0 Å². The third kappa shape index (κ3) is 6.90. The lowest BCUT2D eigenvalue weighted by atomic mass is 10.1. The minimum absolute atomic E-state index is 0.0775. The van der Waals surface area contributed by atoms with Crippen LogP contribution in [0.25, 0.3) is 0 Å². The van der Waals surface area contributed by atoms with Gasteiger partial charge in [0.25, 0.3) is 0 Å². The molecule has 1 saturated carbocycles. The van der Waals surface area contributed by atoms with Crippen LogP contribution in [0.5, 0.6) is 0 Å². The summed E-state index contributed by atoms with van der Waals surface area (Å²) >= 11 is 13.8. The van der Waals surface area contributed by atoms with E-state index in [0.717, 1.165) is 36.1 Å². The van der Waals surface area contributed by atoms with Gasteiger partial charge in [-0.15, -0.1) is 11.8 Å². The number of carbonyl (C=O) groups is 2. The molecular weight excluding hydrogens is 451 g/mol. The van der Waals surface area contributed by atoms with Crippen molar-refractivity contribution in [3.05, 3.63) is 64.1 Å². The molecule has 1 aliphatic carbocycles. The molecule has 2 aromatic carbocycles. The summed E-state index contributed by atoms with van der Waals surface area (Å²) < 4.78 is 0. The minimum atomic E-state index is -0.532. The average Bonchev–Trinajstić information content (AvgIpc) is 3.27. The van der Waals surface area contributed by atoms with Gasteiger partial charge in [0.05, 0.1) is 5.75 Å². The lowest BCUT2D eigenvalue weighted by molar-refractivity contribution is -0.139. The van der Waals surface area contributed by atoms with E-state index < -0.39 is 6.04 Å². The Labute approximate surface area is 198 Å². The number of nitrogens with one attached hydrogen (secondary N) is 1. The molecule has 0 aromatic heterocycles. The van der Waals surface area contributed by atoms with E-state index in [9.17, 15) is 9.59 Å². The molecule has 7 heteroatoms. The summed E-state index contributed by atoms with van der Waals surface area (Å²) in [6, 6.07) is 14.5. The normalized spacial score (nSPS) is 14.9. The van der Waals surface area contributed by atoms with Gasteiger partial charge in [-0.3, -0.25) is 9.59 Å². The summed E-state index contributed by atoms with van der Waals surface area (Å²) in [5.41, 5.74) is 0.834. The highest BCUT2D eigenvalue weighted by Crippen LogP contribution is 2.24. The van der Waals surface area contributed by atoms with Gasteiger partial charge in [0, 0.05) is 27.5 Å². The molecule has 0 spiro atoms. The van der Waals surface area contributed by atoms with Crippen molar-refractivity contribution in [2.24, 2.45) is 0 Å². The Hall–Kier alpha value is -1.69. The molecule has 0 bridgehead atoms. The van der Waals surface area contributed by atoms with Crippen molar-refractivity contribution in [2.45, 2.75) is 62.6 Å². The van der Waals surface area contributed by atoms with E-state index in [4.69, 9.17) is 23.2 Å². The van der Waals surface area contributed by atoms with Crippen LogP contribution < -0.4 is 5.32 Å². The zero-order valence-electron chi connectivity index (χ0n) is 17.7. The summed E-state index contributed by atoms with van der Waals surface area (Å²) in [6.45, 7) is 2.24. The summed E-state index contributed by atoms with van der Waals surface area (Å²) in [4.78, 5) is 29.0. The van der Waals surface area contributed by atoms with Gasteiger partial charge < -0.3 is 10.2 Å². The van der Waals surface area contributed by atoms with Gasteiger partial charge >= 0.3 is 0 Å². The van der Waals surface area contributed by atoms with Gasteiger partial charge in [-0.1, -0.05) is 61.2 Å². The molecule has 1 fully saturated rings. The predicted octanol–water partition coefficient (Wildman–Crippen LogP) is 5.95. The first kappa shape index (κ1) is 24.0. The van der Waals surface area contributed by atoms with Crippen molar-refractivity contribution in [1.82, 2.24) is 10.2 Å². The third-order valence-corrected chi connectivity index (χ3v) is 7.18. The lowest BCUT2D eigenvalue weighted by Gasteiger charge is -2.31. The molecule has 2 aromatic rings. The molecule has 4 nitrogen and oxygen atoms in total. The van der Waals surface area contributed by atoms with E-state index in [1.165, 1.54) is 11.8 Å². The largest absolute Gasteiger partial charge is 0.352 e. The molecule has 1 atom stereocenters. The number of amides is 2. The van der Waals surface area contributed by atoms with Crippen LogP contribution in [-0.2, 0) is 16.1 Å². The van der Waals surface area contributed by atoms with E-state index in [1.54, 1.807) is 17.0 Å². The molecule has 1 N–H and O–H groups in total. The van der Waals surface area contributed by atoms with E-state index in [1.807, 2.05) is 43.3 Å². The number of hydrogen-bond donors (Lipinski definition) is 1. The Morgan fingerprint density at radius 2 is 1.77 bits per heavy atom. The third-order valence-electron chi connectivity index (χ3n) is 5.56. The molecule has 0 unspecified atom stereocenters. The fourth-order valence-corrected chi connectivity index (χ4v) is 4.96. The Morgan fingerprint density at radius 1 is 1.10 bits per heavy atom. The summed E-state index contributed by atoms with van der Waals surface area (Å²) in [5.74, 6) is 0.0684. The smallest absolute Gasteiger partial charge is 0.243 e. The van der Waals surface area contributed by atoms with Gasteiger partial charge in [-0.25, -0.2) is 0 Å². The van der Waals surface area contributed by atoms with Gasteiger partial charge in [-0.05, 0) is 55.2 Å². The van der Waals surface area contributed by atoms with Crippen LogP contribution in [0.4, 0.5) is 0 Å². The van der Waals surface area contributed by atoms with Crippen LogP contribution >= 0.6 is 35.0 Å². The van der Waals surface area contributed by atoms with Crippen molar-refractivity contribution in [3.8, 4) is 0 Å². The monoisotopic (exact) mass is 478 g/mol. The molecular formula is C24H28Cl2N2O2S. The highest BCUT2D eigenvalue weighted by molar-refractivity contribution is 8.00. The van der Waals surface area contributed by atoms with E-state index in [0.29, 0.717) is 23.0 Å². The van der Waals surface area contributed by atoms with Crippen LogP contribution in [0.3, 0.4) is 0 Å². The maximum Gasteiger partial charge on any atom is 0.243 e. The van der Waals surface area contributed by atoms with E-state index in [2.05, 4.69) is 5.32 Å². The van der Waals surface area contributed by atoms with Crippen molar-refractivity contribution >= 4 is 46.8 Å². The second-order valence-electron chi connectivity index (χ2n) is 7.77. The number of hydrogen-bond acceptors (Lipinski definition) is 3. The van der Waals surface area contributed by atoms with Crippen molar-refractivity contribution in [3.63, 3.8) is 0 Å². The molecule has 3 rings (SSSR count). The highest BCUT2D eigenvalue weighted by Gasteiger charge is 2.30. The number of thioether (sulfide) groups is 1. The van der Waals surface area contributed by atoms with Crippen molar-refractivity contribution in [2.75, 3.05) is 5.75 Å². The Morgan fingerprint density at radius 3 is 2.42 bits per heavy atom. The van der Waals surface area contributed by atoms with Crippen LogP contribution in [-0.4, -0.2) is 34.6 Å². The molecule has 31 heavy (non-hydrogen) atoms. The summed E-state index contributed by atoms with van der Waals surface area (Å²) in [5, 5.41) is 4.41. The van der Waals surface area contributed by atoms with Crippen LogP contribution in [0.1, 0.15) is 44.6 Å². The van der Waals surface area contributed by atoms with Crippen LogP contribution in [0.15, 0.2) is 53.4 Å². The Bertz CT molecular complexity index is 885. The van der Waals surface area contributed by atoms with Gasteiger partial charge in [0.2, 0.25) is 11.8 Å². The highest BCUT2D eigenvalue weighted by atomic mass is 35.5. The second kappa shape index (κ2) is 11.8. The topological polar surface area (TPSA) is 49.4 Å². The van der Waals surface area contributed by atoms with Crippen LogP contribution in [0.2, 0.25) is 10.0 Å². The molecule has 0 aliphatic heterocycles. The molecule has 0 radical (unpaired) electrons. The molecule has 1 aliphatic rings. The average molecular weight is 479 g/mol. The van der Waals surface area contributed by atoms with Crippen molar-refractivity contribution < 1.29 is 9.59 Å². The predicted molar refractivity (Wildman–Crippen MR) is 129 cm³/mol. The first-order valence-electron chi connectivity index (χ1n) is 10.7. The fraction of sp³-hybridized carbons (Fsp3) is 0.417. The van der Waals surface area contributed by atoms with Gasteiger partial charge in [0.15, 0.2) is 0 Å². The number of carbonyl (C=O) groups excluding carboxylic acids is 2. The first-order valence-corrected chi connectivity index (χ1v) is 12.4. The molecule has 2 amide bonds. The summed E-state index contributed by atoms with van der Waals surface area (Å²) in [7, 11) is 0. The number of halogens is 2. The van der Waals surface area contributed by atoms with E-state index in [-0.39, 0.29) is 23.6 Å². The van der Waals surface area contributed by atoms with Gasteiger partial charge in [0.1, 0.15) is 6.04 Å². The molecule has 0 heterocycles. The quantitative estimate of drug-likeness (QED) is 0.452. The zero-order chi connectivity index (χ0) is 22.2. The zero-order valence-corrected chi connectivity index (χ0v) is 20.0. The Balaban J connectivity index is 1.76. The number of nitrogens with zero attached hydrogens (tertiary/aromatic N) is 1.